The number of allylic oxidation sites excluding steroid dienone is 3. The largest absolute Gasteiger partial charge is 0.507 e. The average Bonchev–Trinajstić information content (AvgIpc) is 3.33. The molecule has 0 saturated heterocycles. The summed E-state index contributed by atoms with van der Waals surface area (Å²) < 4.78 is 21.8. The van der Waals surface area contributed by atoms with Gasteiger partial charge in [-0.1, -0.05) is 54.1 Å². The van der Waals surface area contributed by atoms with Gasteiger partial charge < -0.3 is 29.3 Å². The average molecular weight is 559 g/mol. The highest BCUT2D eigenvalue weighted by molar-refractivity contribution is 7.20. The monoisotopic (exact) mass is 558 g/mol. The molecule has 1 aromatic carbocycles. The maximum atomic E-state index is 12.1. The van der Waals surface area contributed by atoms with Gasteiger partial charge in [-0.3, -0.25) is 4.79 Å². The van der Waals surface area contributed by atoms with E-state index in [4.69, 9.17) is 14.3 Å². The number of nitrogens with zero attached hydrogens (tertiary/aromatic N) is 1. The molecule has 0 bridgehead atoms. The minimum atomic E-state index is -1.50. The first-order chi connectivity index (χ1) is 18.7. The highest BCUT2D eigenvalue weighted by Crippen LogP contribution is 2.43. The van der Waals surface area contributed by atoms with E-state index in [2.05, 4.69) is 18.3 Å². The summed E-state index contributed by atoms with van der Waals surface area (Å²) in [5.74, 6) is -0.395. The number of rotatable bonds is 14. The van der Waals surface area contributed by atoms with Crippen LogP contribution >= 0.6 is 8.61 Å². The molecule has 3 atom stereocenters. The smallest absolute Gasteiger partial charge is 0.347 e. The Morgan fingerprint density at radius 2 is 2.05 bits per heavy atom. The van der Waals surface area contributed by atoms with Crippen molar-refractivity contribution in [3.63, 3.8) is 0 Å². The van der Waals surface area contributed by atoms with Crippen molar-refractivity contribution >= 4 is 20.5 Å². The quantitative estimate of drug-likeness (QED) is 0.107. The lowest BCUT2D eigenvalue weighted by molar-refractivity contribution is -0.153. The predicted molar refractivity (Wildman–Crippen MR) is 151 cm³/mol. The van der Waals surface area contributed by atoms with Crippen LogP contribution in [0.2, 0.25) is 0 Å². The van der Waals surface area contributed by atoms with Crippen molar-refractivity contribution in [2.75, 3.05) is 19.7 Å². The molecule has 3 unspecified atom stereocenters. The van der Waals surface area contributed by atoms with E-state index < -0.39 is 26.6 Å². The van der Waals surface area contributed by atoms with E-state index >= 15 is 0 Å². The molecule has 0 aromatic heterocycles. The first-order valence-corrected chi connectivity index (χ1v) is 14.3. The summed E-state index contributed by atoms with van der Waals surface area (Å²) >= 11 is 0. The maximum absolute atomic E-state index is 12.1. The van der Waals surface area contributed by atoms with E-state index in [9.17, 15) is 19.3 Å². The molecule has 1 aromatic rings. The molecule has 10 heteroatoms. The van der Waals surface area contributed by atoms with Crippen LogP contribution in [-0.2, 0) is 30.0 Å². The molecule has 9 nitrogen and oxygen atoms in total. The van der Waals surface area contributed by atoms with Gasteiger partial charge in [-0.15, -0.1) is 0 Å². The molecule has 39 heavy (non-hydrogen) atoms. The van der Waals surface area contributed by atoms with Crippen molar-refractivity contribution in [2.45, 2.75) is 59.9 Å². The maximum Gasteiger partial charge on any atom is 0.347 e. The molecule has 0 fully saturated rings. The Morgan fingerprint density at radius 3 is 2.74 bits per heavy atom. The molecule has 3 rings (SSSR count). The number of ether oxygens (including phenoxy) is 2. The van der Waals surface area contributed by atoms with Gasteiger partial charge in [0, 0.05) is 18.0 Å². The van der Waals surface area contributed by atoms with Gasteiger partial charge >= 0.3 is 11.9 Å². The van der Waals surface area contributed by atoms with Gasteiger partial charge in [-0.25, -0.2) is 4.79 Å². The molecule has 0 amide bonds. The van der Waals surface area contributed by atoms with E-state index in [0.717, 1.165) is 39.1 Å². The van der Waals surface area contributed by atoms with Gasteiger partial charge in [0.25, 0.3) is 0 Å². The zero-order valence-corrected chi connectivity index (χ0v) is 24.4. The number of hydroxylamine groups is 1. The van der Waals surface area contributed by atoms with Crippen LogP contribution in [-0.4, -0.2) is 47.6 Å². The standard InChI is InChI=1S/C29H39N2O7P/c1-6-22-19(4)24-17-37-29(34)26(24)27(32)23(22)13-12-18(3)16-30-15-14-21-10-8-9-11-25(21)38-31(39-35)20(5)28(33)36-7-2/h8-12,17,19-20,30,32H,6-7,13-16,39H2,1-5H3. The van der Waals surface area contributed by atoms with Crippen LogP contribution in [0.25, 0.3) is 0 Å². The van der Waals surface area contributed by atoms with Crippen LogP contribution in [0.3, 0.4) is 0 Å². The van der Waals surface area contributed by atoms with E-state index in [1.165, 1.54) is 6.26 Å². The van der Waals surface area contributed by atoms with E-state index in [1.807, 2.05) is 32.0 Å². The molecule has 0 spiro atoms. The number of hydrogen-bond donors (Lipinski definition) is 2. The summed E-state index contributed by atoms with van der Waals surface area (Å²) in [6.45, 7) is 11.0. The van der Waals surface area contributed by atoms with E-state index in [-0.39, 0.29) is 23.9 Å². The SMILES string of the molecule is CCOC(=O)C(C)N(Oc1ccccc1CCNCC(C)=CCC1=C(CC)C(C)C2=COC(=O)C2=C1O)[PH2]=O. The number of cyclic esters (lactones) is 1. The Labute approximate surface area is 231 Å². The number of benzene rings is 1. The topological polar surface area (TPSA) is 114 Å². The molecular weight excluding hydrogens is 519 g/mol. The van der Waals surface area contributed by atoms with Crippen LogP contribution in [0, 0.1) is 5.92 Å². The van der Waals surface area contributed by atoms with Crippen molar-refractivity contribution in [2.24, 2.45) is 5.92 Å². The van der Waals surface area contributed by atoms with Crippen LogP contribution in [0.4, 0.5) is 0 Å². The first-order valence-electron chi connectivity index (χ1n) is 13.3. The van der Waals surface area contributed by atoms with Gasteiger partial charge in [0.15, 0.2) is 14.4 Å². The van der Waals surface area contributed by atoms with Gasteiger partial charge in [-0.2, -0.15) is 0 Å². The second-order valence-electron chi connectivity index (χ2n) is 9.55. The summed E-state index contributed by atoms with van der Waals surface area (Å²) in [4.78, 5) is 31.2. The minimum Gasteiger partial charge on any atom is -0.507 e. The van der Waals surface area contributed by atoms with Crippen LogP contribution in [0.5, 0.6) is 5.75 Å². The van der Waals surface area contributed by atoms with Gasteiger partial charge in [0.2, 0.25) is 0 Å². The lowest BCUT2D eigenvalue weighted by Crippen LogP contribution is -2.36. The molecule has 1 aliphatic carbocycles. The second kappa shape index (κ2) is 14.3. The molecule has 212 valence electrons. The molecular formula is C29H39N2O7P. The number of carbonyl (C=O) groups excluding carboxylic acids is 2. The third kappa shape index (κ3) is 7.29. The number of fused-ring (bicyclic) bond motifs is 1. The van der Waals surface area contributed by atoms with Gasteiger partial charge in [0.1, 0.15) is 17.4 Å². The number of aliphatic hydroxyl groups excluding tert-OH is 1. The highest BCUT2D eigenvalue weighted by atomic mass is 31.1. The summed E-state index contributed by atoms with van der Waals surface area (Å²) in [6, 6.07) is 6.66. The zero-order chi connectivity index (χ0) is 28.5. The summed E-state index contributed by atoms with van der Waals surface area (Å²) in [5, 5.41) is 14.3. The fourth-order valence-electron chi connectivity index (χ4n) is 4.73. The summed E-state index contributed by atoms with van der Waals surface area (Å²) in [7, 11) is -1.50. The lowest BCUT2D eigenvalue weighted by Gasteiger charge is -2.26. The number of aliphatic hydroxyl groups is 1. The predicted octanol–water partition coefficient (Wildman–Crippen LogP) is 4.98. The van der Waals surface area contributed by atoms with Crippen molar-refractivity contribution < 1.29 is 33.6 Å². The van der Waals surface area contributed by atoms with Crippen molar-refractivity contribution in [1.29, 1.82) is 0 Å². The van der Waals surface area contributed by atoms with E-state index in [0.29, 0.717) is 31.7 Å². The Balaban J connectivity index is 1.58. The normalized spacial score (nSPS) is 18.5. The molecule has 0 radical (unpaired) electrons. The molecule has 1 aliphatic heterocycles. The number of para-hydroxylation sites is 1. The number of esters is 2. The van der Waals surface area contributed by atoms with Crippen LogP contribution in [0.1, 0.15) is 53.0 Å². The Kier molecular flexibility index (Phi) is 11.2. The zero-order valence-electron chi connectivity index (χ0n) is 23.3. The fourth-order valence-corrected chi connectivity index (χ4v) is 5.19. The molecule has 2 N–H and O–H groups in total. The second-order valence-corrected chi connectivity index (χ2v) is 10.3. The lowest BCUT2D eigenvalue weighted by atomic mass is 9.78. The number of hydrogen-bond acceptors (Lipinski definition) is 8. The summed E-state index contributed by atoms with van der Waals surface area (Å²) in [6.07, 6.45) is 5.49. The van der Waals surface area contributed by atoms with Gasteiger partial charge in [0.05, 0.1) is 12.9 Å². The molecule has 1 heterocycles. The Morgan fingerprint density at radius 1 is 1.31 bits per heavy atom. The van der Waals surface area contributed by atoms with Crippen molar-refractivity contribution in [1.82, 2.24) is 10.2 Å². The minimum absolute atomic E-state index is 0.0240. The van der Waals surface area contributed by atoms with Gasteiger partial charge in [-0.05, 0) is 63.8 Å². The third-order valence-electron chi connectivity index (χ3n) is 6.99. The highest BCUT2D eigenvalue weighted by Gasteiger charge is 2.37. The Bertz CT molecular complexity index is 1220. The van der Waals surface area contributed by atoms with Crippen LogP contribution < -0.4 is 10.2 Å². The number of nitrogens with one attached hydrogen (secondary N) is 1. The molecule has 0 saturated carbocycles. The fraction of sp³-hybridized carbons (Fsp3) is 0.448. The number of carbonyl (C=O) groups is 2. The van der Waals surface area contributed by atoms with Crippen molar-refractivity contribution in [3.8, 4) is 5.75 Å². The molecule has 2 aliphatic rings. The Hall–Kier alpha value is -3.13. The summed E-state index contributed by atoms with van der Waals surface area (Å²) in [5.41, 5.74) is 4.96. The van der Waals surface area contributed by atoms with Crippen molar-refractivity contribution in [3.05, 3.63) is 75.8 Å². The third-order valence-corrected chi connectivity index (χ3v) is 7.75. The van der Waals surface area contributed by atoms with E-state index in [1.54, 1.807) is 19.9 Å². The first kappa shape index (κ1) is 30.4. The van der Waals surface area contributed by atoms with Crippen LogP contribution in [0.15, 0.2) is 70.2 Å².